The Morgan fingerprint density at radius 3 is 2.70 bits per heavy atom. The number of hydrogen-bond acceptors (Lipinski definition) is 6. The van der Waals surface area contributed by atoms with Crippen molar-refractivity contribution in [2.75, 3.05) is 29.5 Å². The van der Waals surface area contributed by atoms with Crippen molar-refractivity contribution in [3.8, 4) is 5.75 Å². The van der Waals surface area contributed by atoms with Gasteiger partial charge in [-0.05, 0) is 53.9 Å². The molecule has 8 nitrogen and oxygen atoms in total. The minimum Gasteiger partial charge on any atom is -0.494 e. The molecule has 9 heteroatoms. The Balaban J connectivity index is 1.66. The Morgan fingerprint density at radius 2 is 1.97 bits per heavy atom. The summed E-state index contributed by atoms with van der Waals surface area (Å²) in [5, 5.41) is 2.21. The van der Waals surface area contributed by atoms with Crippen LogP contribution in [-0.4, -0.2) is 37.5 Å². The minimum absolute atomic E-state index is 0.189. The van der Waals surface area contributed by atoms with Crippen LogP contribution in [0.25, 0.3) is 6.08 Å². The van der Waals surface area contributed by atoms with Gasteiger partial charge in [-0.25, -0.2) is 9.69 Å². The van der Waals surface area contributed by atoms with Gasteiger partial charge in [0.25, 0.3) is 11.8 Å². The van der Waals surface area contributed by atoms with Crippen LogP contribution in [0, 0.1) is 0 Å². The molecular formula is C21H20BrN3O5. The van der Waals surface area contributed by atoms with E-state index in [0.29, 0.717) is 29.7 Å². The predicted molar refractivity (Wildman–Crippen MR) is 114 cm³/mol. The van der Waals surface area contributed by atoms with E-state index in [9.17, 15) is 14.4 Å². The number of hydrogen-bond donors (Lipinski definition) is 1. The van der Waals surface area contributed by atoms with Gasteiger partial charge in [0.2, 0.25) is 5.88 Å². The van der Waals surface area contributed by atoms with Gasteiger partial charge < -0.3 is 14.1 Å². The van der Waals surface area contributed by atoms with Crippen LogP contribution in [0.4, 0.5) is 16.4 Å². The fraction of sp³-hybridized carbons (Fsp3) is 0.286. The number of rotatable bonds is 5. The number of carbonyl (C=O) groups is 3. The summed E-state index contributed by atoms with van der Waals surface area (Å²) in [6.07, 6.45) is 3.53. The van der Waals surface area contributed by atoms with Crippen LogP contribution < -0.4 is 19.9 Å². The third-order valence-corrected chi connectivity index (χ3v) is 5.42. The fourth-order valence-corrected chi connectivity index (χ4v) is 4.05. The molecule has 1 aromatic heterocycles. The number of benzene rings is 1. The molecule has 156 valence electrons. The molecule has 1 aromatic carbocycles. The third kappa shape index (κ3) is 3.85. The van der Waals surface area contributed by atoms with Crippen molar-refractivity contribution in [2.45, 2.75) is 19.8 Å². The predicted octanol–water partition coefficient (Wildman–Crippen LogP) is 3.71. The van der Waals surface area contributed by atoms with Gasteiger partial charge in [-0.15, -0.1) is 0 Å². The maximum atomic E-state index is 13.0. The number of barbiturate groups is 1. The molecule has 2 aromatic rings. The van der Waals surface area contributed by atoms with Gasteiger partial charge in [-0.1, -0.05) is 6.07 Å². The van der Waals surface area contributed by atoms with Gasteiger partial charge in [-0.2, -0.15) is 0 Å². The first kappa shape index (κ1) is 20.2. The van der Waals surface area contributed by atoms with Crippen molar-refractivity contribution in [3.63, 3.8) is 0 Å². The zero-order valence-corrected chi connectivity index (χ0v) is 17.9. The molecule has 3 heterocycles. The van der Waals surface area contributed by atoms with Gasteiger partial charge in [0, 0.05) is 25.2 Å². The lowest BCUT2D eigenvalue weighted by Crippen LogP contribution is -2.54. The molecule has 0 unspecified atom stereocenters. The second-order valence-electron chi connectivity index (χ2n) is 6.88. The largest absolute Gasteiger partial charge is 0.494 e. The standard InChI is InChI=1S/C21H20BrN3O5/c1-2-29-14-7-5-6-13(10-14)25-19(27)16(18(26)23-21(25)28)11-15-12-17(22)20(30-15)24-8-3-4-9-24/h5-7,10-12H,2-4,8-9H2,1H3,(H,23,26,28)/b16-11+. The van der Waals surface area contributed by atoms with E-state index in [1.54, 1.807) is 30.3 Å². The van der Waals surface area contributed by atoms with Crippen molar-refractivity contribution in [2.24, 2.45) is 0 Å². The normalized spacial score (nSPS) is 18.3. The number of nitrogens with zero attached hydrogens (tertiary/aromatic N) is 2. The monoisotopic (exact) mass is 473 g/mol. The van der Waals surface area contributed by atoms with E-state index in [2.05, 4.69) is 26.1 Å². The SMILES string of the molecule is CCOc1cccc(N2C(=O)NC(=O)/C(=C\c3cc(Br)c(N4CCCC4)o3)C2=O)c1. The first-order valence-electron chi connectivity index (χ1n) is 9.66. The molecule has 2 fully saturated rings. The highest BCUT2D eigenvalue weighted by molar-refractivity contribution is 9.10. The summed E-state index contributed by atoms with van der Waals surface area (Å²) in [7, 11) is 0. The maximum absolute atomic E-state index is 13.0. The summed E-state index contributed by atoms with van der Waals surface area (Å²) in [5.41, 5.74) is 0.117. The number of carbonyl (C=O) groups excluding carboxylic acids is 3. The lowest BCUT2D eigenvalue weighted by Gasteiger charge is -2.26. The smallest absolute Gasteiger partial charge is 0.335 e. The molecule has 2 saturated heterocycles. The van der Waals surface area contributed by atoms with E-state index in [0.717, 1.165) is 35.3 Å². The van der Waals surface area contributed by atoms with Gasteiger partial charge >= 0.3 is 6.03 Å². The van der Waals surface area contributed by atoms with Crippen LogP contribution in [0.1, 0.15) is 25.5 Å². The summed E-state index contributed by atoms with van der Waals surface area (Å²) >= 11 is 3.47. The number of nitrogens with one attached hydrogen (secondary N) is 1. The van der Waals surface area contributed by atoms with Crippen molar-refractivity contribution in [1.29, 1.82) is 0 Å². The van der Waals surface area contributed by atoms with Crippen molar-refractivity contribution in [3.05, 3.63) is 46.1 Å². The lowest BCUT2D eigenvalue weighted by molar-refractivity contribution is -0.122. The summed E-state index contributed by atoms with van der Waals surface area (Å²) in [5.74, 6) is 0.0355. The number of halogens is 1. The van der Waals surface area contributed by atoms with E-state index in [1.165, 1.54) is 6.08 Å². The highest BCUT2D eigenvalue weighted by Crippen LogP contribution is 2.34. The molecule has 4 amide bonds. The average Bonchev–Trinajstić information content (AvgIpc) is 3.35. The van der Waals surface area contributed by atoms with Gasteiger partial charge in [0.1, 0.15) is 17.1 Å². The zero-order valence-electron chi connectivity index (χ0n) is 16.3. The van der Waals surface area contributed by atoms with Crippen molar-refractivity contribution < 1.29 is 23.5 Å². The van der Waals surface area contributed by atoms with E-state index in [-0.39, 0.29) is 5.57 Å². The number of furan rings is 1. The van der Waals surface area contributed by atoms with Crippen molar-refractivity contribution >= 4 is 51.4 Å². The van der Waals surface area contributed by atoms with Gasteiger partial charge in [0.15, 0.2) is 0 Å². The molecule has 4 rings (SSSR count). The number of imide groups is 2. The molecule has 0 aliphatic carbocycles. The van der Waals surface area contributed by atoms with E-state index < -0.39 is 17.8 Å². The molecule has 2 aliphatic rings. The number of anilines is 2. The topological polar surface area (TPSA) is 92.1 Å². The van der Waals surface area contributed by atoms with Crippen LogP contribution in [0.15, 0.2) is 44.8 Å². The molecular weight excluding hydrogens is 454 g/mol. The number of amides is 4. The van der Waals surface area contributed by atoms with Crippen molar-refractivity contribution in [1.82, 2.24) is 5.32 Å². The Kier molecular flexibility index (Phi) is 5.63. The molecule has 1 N–H and O–H groups in total. The quantitative estimate of drug-likeness (QED) is 0.525. The van der Waals surface area contributed by atoms with Crippen LogP contribution in [0.2, 0.25) is 0 Å². The Labute approximate surface area is 181 Å². The first-order chi connectivity index (χ1) is 14.5. The highest BCUT2D eigenvalue weighted by atomic mass is 79.9. The van der Waals surface area contributed by atoms with Crippen LogP contribution >= 0.6 is 15.9 Å². The summed E-state index contributed by atoms with van der Waals surface area (Å²) in [4.78, 5) is 40.8. The summed E-state index contributed by atoms with van der Waals surface area (Å²) < 4.78 is 12.1. The molecule has 0 bridgehead atoms. The second kappa shape index (κ2) is 8.35. The summed E-state index contributed by atoms with van der Waals surface area (Å²) in [6, 6.07) is 7.46. The molecule has 0 atom stereocenters. The van der Waals surface area contributed by atoms with Gasteiger partial charge in [0.05, 0.1) is 16.8 Å². The molecule has 30 heavy (non-hydrogen) atoms. The lowest BCUT2D eigenvalue weighted by atomic mass is 10.1. The number of ether oxygens (including phenoxy) is 1. The average molecular weight is 474 g/mol. The number of urea groups is 1. The molecule has 2 aliphatic heterocycles. The first-order valence-corrected chi connectivity index (χ1v) is 10.5. The molecule has 0 spiro atoms. The fourth-order valence-electron chi connectivity index (χ4n) is 3.50. The van der Waals surface area contributed by atoms with E-state index in [1.807, 2.05) is 6.92 Å². The van der Waals surface area contributed by atoms with Crippen LogP contribution in [-0.2, 0) is 9.59 Å². The molecule has 0 saturated carbocycles. The minimum atomic E-state index is -0.811. The highest BCUT2D eigenvalue weighted by Gasteiger charge is 2.37. The van der Waals surface area contributed by atoms with E-state index in [4.69, 9.17) is 9.15 Å². The van der Waals surface area contributed by atoms with Crippen LogP contribution in [0.5, 0.6) is 5.75 Å². The molecule has 0 radical (unpaired) electrons. The van der Waals surface area contributed by atoms with Gasteiger partial charge in [-0.3, -0.25) is 14.9 Å². The Bertz CT molecular complexity index is 1040. The zero-order chi connectivity index (χ0) is 21.3. The summed E-state index contributed by atoms with van der Waals surface area (Å²) in [6.45, 7) is 4.06. The third-order valence-electron chi connectivity index (χ3n) is 4.86. The van der Waals surface area contributed by atoms with Crippen LogP contribution in [0.3, 0.4) is 0 Å². The van der Waals surface area contributed by atoms with E-state index >= 15 is 0 Å². The maximum Gasteiger partial charge on any atom is 0.335 e. The Morgan fingerprint density at radius 1 is 1.20 bits per heavy atom. The second-order valence-corrected chi connectivity index (χ2v) is 7.74. The Hall–Kier alpha value is -3.07.